The van der Waals surface area contributed by atoms with Gasteiger partial charge in [0.2, 0.25) is 0 Å². The van der Waals surface area contributed by atoms with Crippen LogP contribution < -0.4 is 10.6 Å². The maximum absolute atomic E-state index is 11.6. The quantitative estimate of drug-likeness (QED) is 0.738. The molecule has 2 heterocycles. The molecule has 2 amide bonds. The molecule has 0 saturated heterocycles. The molecule has 0 aliphatic rings. The lowest BCUT2D eigenvalue weighted by atomic mass is 10.3. The van der Waals surface area contributed by atoms with Crippen LogP contribution in [0.5, 0.6) is 0 Å². The molecule has 0 atom stereocenters. The van der Waals surface area contributed by atoms with Crippen molar-refractivity contribution in [2.24, 2.45) is 0 Å². The van der Waals surface area contributed by atoms with Crippen molar-refractivity contribution in [1.29, 1.82) is 0 Å². The average Bonchev–Trinajstić information content (AvgIpc) is 2.92. The summed E-state index contributed by atoms with van der Waals surface area (Å²) < 4.78 is 0. The van der Waals surface area contributed by atoms with E-state index >= 15 is 0 Å². The van der Waals surface area contributed by atoms with E-state index in [0.717, 1.165) is 12.2 Å². The number of nitrogens with one attached hydrogen (secondary N) is 3. The van der Waals surface area contributed by atoms with Crippen molar-refractivity contribution in [2.75, 3.05) is 11.9 Å². The van der Waals surface area contributed by atoms with Crippen LogP contribution in [-0.2, 0) is 6.42 Å². The number of amides is 2. The lowest BCUT2D eigenvalue weighted by Gasteiger charge is -2.07. The second-order valence-corrected chi connectivity index (χ2v) is 4.71. The van der Waals surface area contributed by atoms with Gasteiger partial charge in [-0.2, -0.15) is 5.10 Å². The third-order valence-corrected chi connectivity index (χ3v) is 3.10. The molecule has 106 valence electrons. The highest BCUT2D eigenvalue weighted by Crippen LogP contribution is 2.22. The Morgan fingerprint density at radius 3 is 2.85 bits per heavy atom. The lowest BCUT2D eigenvalue weighted by Crippen LogP contribution is -2.30. The van der Waals surface area contributed by atoms with Gasteiger partial charge in [-0.25, -0.2) is 14.8 Å². The Bertz CT molecular complexity index is 574. The molecule has 2 aromatic heterocycles. The van der Waals surface area contributed by atoms with Gasteiger partial charge in [0.05, 0.1) is 10.0 Å². The predicted molar refractivity (Wildman–Crippen MR) is 76.0 cm³/mol. The zero-order valence-electron chi connectivity index (χ0n) is 10.4. The fourth-order valence-electron chi connectivity index (χ4n) is 1.45. The van der Waals surface area contributed by atoms with Crippen LogP contribution in [0.3, 0.4) is 0 Å². The number of pyridine rings is 1. The topological polar surface area (TPSA) is 95.6 Å². The van der Waals surface area contributed by atoms with Gasteiger partial charge in [-0.3, -0.25) is 10.4 Å². The number of nitrogens with zero attached hydrogens (tertiary/aromatic N) is 3. The zero-order valence-corrected chi connectivity index (χ0v) is 11.9. The van der Waals surface area contributed by atoms with Crippen molar-refractivity contribution in [3.8, 4) is 0 Å². The number of aryl methyl sites for hydroxylation is 1. The van der Waals surface area contributed by atoms with Gasteiger partial charge in [0.25, 0.3) is 0 Å². The summed E-state index contributed by atoms with van der Waals surface area (Å²) in [7, 11) is 0. The first-order valence-corrected chi connectivity index (χ1v) is 6.61. The molecular formula is C11H12Cl2N6O. The molecule has 2 aromatic rings. The molecule has 0 saturated carbocycles. The third-order valence-electron chi connectivity index (χ3n) is 2.39. The molecular weight excluding hydrogens is 303 g/mol. The Hall–Kier alpha value is -1.86. The first-order chi connectivity index (χ1) is 9.65. The summed E-state index contributed by atoms with van der Waals surface area (Å²) in [6.07, 6.45) is 4.29. The summed E-state index contributed by atoms with van der Waals surface area (Å²) >= 11 is 11.6. The number of rotatable bonds is 5. The van der Waals surface area contributed by atoms with Gasteiger partial charge in [-0.05, 0) is 6.42 Å². The molecule has 0 aliphatic carbocycles. The van der Waals surface area contributed by atoms with Crippen molar-refractivity contribution in [2.45, 2.75) is 12.8 Å². The van der Waals surface area contributed by atoms with Crippen molar-refractivity contribution in [1.82, 2.24) is 25.5 Å². The molecule has 9 heteroatoms. The Labute approximate surface area is 125 Å². The van der Waals surface area contributed by atoms with Crippen molar-refractivity contribution < 1.29 is 4.79 Å². The molecule has 0 aromatic carbocycles. The number of anilines is 1. The van der Waals surface area contributed by atoms with E-state index in [1.54, 1.807) is 0 Å². The minimum Gasteiger partial charge on any atom is -0.338 e. The molecule has 0 unspecified atom stereocenters. The van der Waals surface area contributed by atoms with Gasteiger partial charge >= 0.3 is 6.03 Å². The number of halogens is 2. The summed E-state index contributed by atoms with van der Waals surface area (Å²) in [5.74, 6) is 1.13. The summed E-state index contributed by atoms with van der Waals surface area (Å²) in [5.41, 5.74) is 0. The summed E-state index contributed by atoms with van der Waals surface area (Å²) in [5, 5.41) is 12.4. The fourth-order valence-corrected chi connectivity index (χ4v) is 1.71. The largest absolute Gasteiger partial charge is 0.338 e. The molecule has 3 N–H and O–H groups in total. The molecule has 20 heavy (non-hydrogen) atoms. The number of urea groups is 1. The summed E-state index contributed by atoms with van der Waals surface area (Å²) in [6.45, 7) is 0.508. The minimum absolute atomic E-state index is 0.335. The van der Waals surface area contributed by atoms with Crippen LogP contribution in [0.4, 0.5) is 10.6 Å². The van der Waals surface area contributed by atoms with Crippen LogP contribution in [0.2, 0.25) is 10.0 Å². The van der Waals surface area contributed by atoms with E-state index < -0.39 is 0 Å². The van der Waals surface area contributed by atoms with Gasteiger partial charge in [-0.15, -0.1) is 0 Å². The van der Waals surface area contributed by atoms with E-state index in [1.165, 1.54) is 18.6 Å². The number of hydrogen-bond donors (Lipinski definition) is 3. The van der Waals surface area contributed by atoms with E-state index in [9.17, 15) is 4.79 Å². The van der Waals surface area contributed by atoms with Crippen LogP contribution in [0.1, 0.15) is 12.2 Å². The average molecular weight is 315 g/mol. The molecule has 0 aliphatic heterocycles. The number of carbonyl (C=O) groups excluding carboxylic acids is 1. The number of hydrogen-bond acceptors (Lipinski definition) is 4. The maximum Gasteiger partial charge on any atom is 0.320 e. The highest BCUT2D eigenvalue weighted by Gasteiger charge is 2.05. The van der Waals surface area contributed by atoms with E-state index in [2.05, 4.69) is 30.8 Å². The fraction of sp³-hybridized carbons (Fsp3) is 0.273. The summed E-state index contributed by atoms with van der Waals surface area (Å²) in [4.78, 5) is 19.5. The van der Waals surface area contributed by atoms with Crippen molar-refractivity contribution in [3.05, 3.63) is 34.5 Å². The predicted octanol–water partition coefficient (Wildman–Crippen LogP) is 2.26. The molecule has 0 bridgehead atoms. The van der Waals surface area contributed by atoms with Crippen molar-refractivity contribution in [3.63, 3.8) is 0 Å². The molecule has 0 spiro atoms. The Morgan fingerprint density at radius 2 is 2.15 bits per heavy atom. The molecule has 0 fully saturated rings. The van der Waals surface area contributed by atoms with Gasteiger partial charge in [0.15, 0.2) is 0 Å². The highest BCUT2D eigenvalue weighted by atomic mass is 35.5. The molecule has 0 radical (unpaired) electrons. The van der Waals surface area contributed by atoms with Crippen LogP contribution in [-0.4, -0.2) is 32.7 Å². The number of aromatic amines is 1. The third kappa shape index (κ3) is 4.36. The van der Waals surface area contributed by atoms with Crippen LogP contribution >= 0.6 is 23.2 Å². The first-order valence-electron chi connectivity index (χ1n) is 5.85. The Kier molecular flexibility index (Phi) is 5.14. The zero-order chi connectivity index (χ0) is 14.4. The normalized spacial score (nSPS) is 10.3. The van der Waals surface area contributed by atoms with Gasteiger partial charge in [-0.1, -0.05) is 23.2 Å². The Balaban J connectivity index is 1.71. The van der Waals surface area contributed by atoms with E-state index in [0.29, 0.717) is 28.8 Å². The number of H-pyrrole nitrogens is 1. The van der Waals surface area contributed by atoms with Crippen LogP contribution in [0.15, 0.2) is 18.6 Å². The molecule has 2 rings (SSSR count). The second kappa shape index (κ2) is 7.06. The van der Waals surface area contributed by atoms with Crippen molar-refractivity contribution >= 4 is 35.1 Å². The SMILES string of the molecule is O=C(NCCCc1ncn[nH]1)Nc1cc(Cl)c(Cl)cn1. The number of aromatic nitrogens is 4. The molecule has 7 nitrogen and oxygen atoms in total. The minimum atomic E-state index is -0.353. The van der Waals surface area contributed by atoms with Gasteiger partial charge in [0, 0.05) is 25.2 Å². The van der Waals surface area contributed by atoms with E-state index in [-0.39, 0.29) is 6.03 Å². The van der Waals surface area contributed by atoms with Crippen LogP contribution in [0.25, 0.3) is 0 Å². The highest BCUT2D eigenvalue weighted by molar-refractivity contribution is 6.42. The van der Waals surface area contributed by atoms with E-state index in [4.69, 9.17) is 23.2 Å². The lowest BCUT2D eigenvalue weighted by molar-refractivity contribution is 0.252. The smallest absolute Gasteiger partial charge is 0.320 e. The first kappa shape index (κ1) is 14.5. The Morgan fingerprint density at radius 1 is 1.30 bits per heavy atom. The van der Waals surface area contributed by atoms with Gasteiger partial charge in [0.1, 0.15) is 18.0 Å². The number of carbonyl (C=O) groups is 1. The monoisotopic (exact) mass is 314 g/mol. The van der Waals surface area contributed by atoms with E-state index in [1.807, 2.05) is 0 Å². The summed E-state index contributed by atoms with van der Waals surface area (Å²) in [6, 6.07) is 1.13. The maximum atomic E-state index is 11.6. The van der Waals surface area contributed by atoms with Crippen LogP contribution in [0, 0.1) is 0 Å². The van der Waals surface area contributed by atoms with Gasteiger partial charge < -0.3 is 5.32 Å². The second-order valence-electron chi connectivity index (χ2n) is 3.90. The standard InChI is InChI=1S/C11H12Cl2N6O/c12-7-4-10(15-5-8(7)13)18-11(20)14-3-1-2-9-16-6-17-19-9/h4-6H,1-3H2,(H,16,17,19)(H2,14,15,18,20).